The molecule has 14 heavy (non-hydrogen) atoms. The van der Waals surface area contributed by atoms with Crippen LogP contribution >= 0.6 is 23.7 Å². The number of nitrogens with zero attached hydrogens (tertiary/aromatic N) is 1. The van der Waals surface area contributed by atoms with Crippen molar-refractivity contribution < 1.29 is 9.90 Å². The van der Waals surface area contributed by atoms with E-state index in [1.54, 1.807) is 5.38 Å². The minimum absolute atomic E-state index is 0. The molecule has 1 saturated heterocycles. The van der Waals surface area contributed by atoms with Crippen LogP contribution in [0.2, 0.25) is 0 Å². The summed E-state index contributed by atoms with van der Waals surface area (Å²) in [6.07, 6.45) is 2.21. The van der Waals surface area contributed by atoms with Crippen LogP contribution in [0.15, 0.2) is 5.38 Å². The summed E-state index contributed by atoms with van der Waals surface area (Å²) in [5, 5.41) is 14.4. The molecule has 0 amide bonds. The molecule has 2 heterocycles. The quantitative estimate of drug-likeness (QED) is 0.818. The summed E-state index contributed by atoms with van der Waals surface area (Å²) in [5.41, 5.74) is 0.161. The lowest BCUT2D eigenvalue weighted by Gasteiger charge is -2.03. The van der Waals surface area contributed by atoms with Crippen molar-refractivity contribution in [3.05, 3.63) is 16.1 Å². The molecule has 0 aromatic carbocycles. The fourth-order valence-electron chi connectivity index (χ4n) is 1.44. The second-order valence-corrected chi connectivity index (χ2v) is 3.91. The van der Waals surface area contributed by atoms with Crippen LogP contribution in [-0.2, 0) is 0 Å². The van der Waals surface area contributed by atoms with Gasteiger partial charge in [0.2, 0.25) is 0 Å². The molecule has 0 aliphatic carbocycles. The number of hydrogen-bond acceptors (Lipinski definition) is 4. The summed E-state index contributed by atoms with van der Waals surface area (Å²) in [6, 6.07) is 0.276. The molecule has 0 radical (unpaired) electrons. The second-order valence-electron chi connectivity index (χ2n) is 3.03. The highest BCUT2D eigenvalue weighted by molar-refractivity contribution is 7.09. The number of thiazole rings is 1. The summed E-state index contributed by atoms with van der Waals surface area (Å²) >= 11 is 1.42. The van der Waals surface area contributed by atoms with Crippen molar-refractivity contribution >= 4 is 29.7 Å². The number of rotatable bonds is 2. The normalized spacial score (nSPS) is 20.4. The van der Waals surface area contributed by atoms with E-state index in [0.717, 1.165) is 24.4 Å². The number of carboxylic acid groups (broad SMARTS) is 1. The maximum Gasteiger partial charge on any atom is 0.355 e. The van der Waals surface area contributed by atoms with E-state index in [2.05, 4.69) is 10.3 Å². The number of nitrogens with one attached hydrogen (secondary N) is 1. The van der Waals surface area contributed by atoms with Gasteiger partial charge in [-0.15, -0.1) is 23.7 Å². The lowest BCUT2D eigenvalue weighted by Crippen LogP contribution is -2.12. The van der Waals surface area contributed by atoms with Crippen LogP contribution in [0.1, 0.15) is 34.4 Å². The Labute approximate surface area is 91.8 Å². The Kier molecular flexibility index (Phi) is 3.86. The Morgan fingerprint density at radius 3 is 3.00 bits per heavy atom. The SMILES string of the molecule is Cl.O=C(O)c1csc(C2CCCN2)n1. The van der Waals surface area contributed by atoms with Crippen LogP contribution in [0.4, 0.5) is 0 Å². The number of halogens is 1. The topological polar surface area (TPSA) is 62.2 Å². The van der Waals surface area contributed by atoms with E-state index >= 15 is 0 Å². The summed E-state index contributed by atoms with van der Waals surface area (Å²) in [4.78, 5) is 14.6. The van der Waals surface area contributed by atoms with Crippen molar-refractivity contribution in [3.8, 4) is 0 Å². The first-order valence-electron chi connectivity index (χ1n) is 4.19. The number of carbonyl (C=O) groups is 1. The Morgan fingerprint density at radius 2 is 2.50 bits per heavy atom. The fraction of sp³-hybridized carbons (Fsp3) is 0.500. The highest BCUT2D eigenvalue weighted by Crippen LogP contribution is 2.25. The maximum absolute atomic E-state index is 10.6. The van der Waals surface area contributed by atoms with E-state index in [9.17, 15) is 4.79 Å². The fourth-order valence-corrected chi connectivity index (χ4v) is 2.34. The Morgan fingerprint density at radius 1 is 1.71 bits per heavy atom. The number of aromatic carboxylic acids is 1. The number of hydrogen-bond donors (Lipinski definition) is 2. The molecule has 1 fully saturated rings. The number of aromatic nitrogens is 1. The highest BCUT2D eigenvalue weighted by Gasteiger charge is 2.20. The van der Waals surface area contributed by atoms with E-state index in [0.29, 0.717) is 0 Å². The van der Waals surface area contributed by atoms with Crippen LogP contribution < -0.4 is 5.32 Å². The van der Waals surface area contributed by atoms with Gasteiger partial charge in [-0.25, -0.2) is 9.78 Å². The first kappa shape index (κ1) is 11.4. The van der Waals surface area contributed by atoms with Gasteiger partial charge < -0.3 is 10.4 Å². The smallest absolute Gasteiger partial charge is 0.355 e. The summed E-state index contributed by atoms with van der Waals surface area (Å²) < 4.78 is 0. The third-order valence-electron chi connectivity index (χ3n) is 2.10. The van der Waals surface area contributed by atoms with Crippen molar-refractivity contribution in [2.24, 2.45) is 0 Å². The van der Waals surface area contributed by atoms with E-state index in [1.807, 2.05) is 0 Å². The predicted octanol–water partition coefficient (Wildman–Crippen LogP) is 1.69. The summed E-state index contributed by atoms with van der Waals surface area (Å²) in [6.45, 7) is 1.01. The molecule has 1 aromatic heterocycles. The van der Waals surface area contributed by atoms with Crippen molar-refractivity contribution in [3.63, 3.8) is 0 Å². The van der Waals surface area contributed by atoms with Gasteiger partial charge in [-0.1, -0.05) is 0 Å². The molecule has 0 spiro atoms. The molecule has 2 rings (SSSR count). The Bertz CT molecular complexity index is 323. The average Bonchev–Trinajstić information content (AvgIpc) is 2.75. The van der Waals surface area contributed by atoms with Gasteiger partial charge in [-0.2, -0.15) is 0 Å². The van der Waals surface area contributed by atoms with Gasteiger partial charge in [-0.05, 0) is 19.4 Å². The van der Waals surface area contributed by atoms with E-state index in [-0.39, 0.29) is 24.1 Å². The van der Waals surface area contributed by atoms with Crippen LogP contribution in [0.3, 0.4) is 0 Å². The maximum atomic E-state index is 10.6. The van der Waals surface area contributed by atoms with Crippen LogP contribution in [0, 0.1) is 0 Å². The Balaban J connectivity index is 0.000000980. The van der Waals surface area contributed by atoms with Crippen molar-refractivity contribution in [1.29, 1.82) is 0 Å². The molecule has 0 saturated carbocycles. The predicted molar refractivity (Wildman–Crippen MR) is 56.3 cm³/mol. The molecule has 2 N–H and O–H groups in total. The van der Waals surface area contributed by atoms with Gasteiger partial charge in [0.1, 0.15) is 5.01 Å². The number of carboxylic acids is 1. The third kappa shape index (κ3) is 2.23. The van der Waals surface area contributed by atoms with Crippen molar-refractivity contribution in [2.75, 3.05) is 6.54 Å². The Hall–Kier alpha value is -0.650. The van der Waals surface area contributed by atoms with Crippen LogP contribution in [0.5, 0.6) is 0 Å². The zero-order valence-corrected chi connectivity index (χ0v) is 9.03. The zero-order valence-electron chi connectivity index (χ0n) is 7.40. The molecule has 6 heteroatoms. The third-order valence-corrected chi connectivity index (χ3v) is 3.06. The molecular formula is C8H11ClN2O2S. The highest BCUT2D eigenvalue weighted by atomic mass is 35.5. The van der Waals surface area contributed by atoms with Gasteiger partial charge in [0.15, 0.2) is 5.69 Å². The summed E-state index contributed by atoms with van der Waals surface area (Å²) in [5.74, 6) is -0.944. The molecule has 1 aliphatic heterocycles. The monoisotopic (exact) mass is 234 g/mol. The molecule has 4 nitrogen and oxygen atoms in total. The van der Waals surface area contributed by atoms with E-state index in [1.165, 1.54) is 11.3 Å². The lowest BCUT2D eigenvalue weighted by molar-refractivity contribution is 0.0691. The molecule has 0 bridgehead atoms. The van der Waals surface area contributed by atoms with Gasteiger partial charge in [0, 0.05) is 5.38 Å². The minimum atomic E-state index is -0.944. The van der Waals surface area contributed by atoms with Gasteiger partial charge in [-0.3, -0.25) is 0 Å². The van der Waals surface area contributed by atoms with E-state index in [4.69, 9.17) is 5.11 Å². The molecule has 1 aromatic rings. The van der Waals surface area contributed by atoms with E-state index < -0.39 is 5.97 Å². The standard InChI is InChI=1S/C8H10N2O2S.ClH/c11-8(12)6-4-13-7(10-6)5-2-1-3-9-5;/h4-5,9H,1-3H2,(H,11,12);1H. The van der Waals surface area contributed by atoms with Crippen molar-refractivity contribution in [1.82, 2.24) is 10.3 Å². The average molecular weight is 235 g/mol. The van der Waals surface area contributed by atoms with Gasteiger partial charge >= 0.3 is 5.97 Å². The largest absolute Gasteiger partial charge is 0.476 e. The molecule has 1 aliphatic rings. The second kappa shape index (κ2) is 4.72. The van der Waals surface area contributed by atoms with Gasteiger partial charge in [0.05, 0.1) is 6.04 Å². The van der Waals surface area contributed by atoms with Crippen LogP contribution in [0.25, 0.3) is 0 Å². The summed E-state index contributed by atoms with van der Waals surface area (Å²) in [7, 11) is 0. The molecule has 78 valence electrons. The molecule has 1 unspecified atom stereocenters. The van der Waals surface area contributed by atoms with Gasteiger partial charge in [0.25, 0.3) is 0 Å². The lowest BCUT2D eigenvalue weighted by atomic mass is 10.2. The van der Waals surface area contributed by atoms with Crippen LogP contribution in [-0.4, -0.2) is 22.6 Å². The minimum Gasteiger partial charge on any atom is -0.476 e. The molecular weight excluding hydrogens is 224 g/mol. The van der Waals surface area contributed by atoms with Crippen molar-refractivity contribution in [2.45, 2.75) is 18.9 Å². The molecule has 1 atom stereocenters. The first-order valence-corrected chi connectivity index (χ1v) is 5.07. The zero-order chi connectivity index (χ0) is 9.26. The first-order chi connectivity index (χ1) is 6.27.